The van der Waals surface area contributed by atoms with Gasteiger partial charge in [0.05, 0.1) is 22.7 Å². The molecule has 2 amide bonds. The summed E-state index contributed by atoms with van der Waals surface area (Å²) in [5, 5.41) is 27.7. The third-order valence-electron chi connectivity index (χ3n) is 9.08. The number of fused-ring (bicyclic) bond motifs is 1. The number of aliphatic carboxylic acids is 1. The van der Waals surface area contributed by atoms with Gasteiger partial charge in [0, 0.05) is 18.0 Å². The Kier molecular flexibility index (Phi) is 11.5. The van der Waals surface area contributed by atoms with Crippen molar-refractivity contribution in [2.24, 2.45) is 11.3 Å². The van der Waals surface area contributed by atoms with Crippen molar-refractivity contribution in [3.63, 3.8) is 0 Å². The first kappa shape index (κ1) is 35.0. The Hall–Kier alpha value is -3.87. The predicted octanol–water partition coefficient (Wildman–Crippen LogP) is 3.10. The number of hydrazine groups is 1. The Morgan fingerprint density at radius 1 is 1.09 bits per heavy atom. The summed E-state index contributed by atoms with van der Waals surface area (Å²) in [6.07, 6.45) is 4.28. The molecule has 2 fully saturated rings. The highest BCUT2D eigenvalue weighted by Gasteiger charge is 2.43. The summed E-state index contributed by atoms with van der Waals surface area (Å²) in [4.78, 5) is 56.5. The van der Waals surface area contributed by atoms with E-state index in [9.17, 15) is 29.4 Å². The van der Waals surface area contributed by atoms with Crippen molar-refractivity contribution in [3.05, 3.63) is 47.7 Å². The zero-order valence-electron chi connectivity index (χ0n) is 27.3. The van der Waals surface area contributed by atoms with Crippen LogP contribution in [0.4, 0.5) is 0 Å². The van der Waals surface area contributed by atoms with Crippen LogP contribution in [0.3, 0.4) is 0 Å². The van der Waals surface area contributed by atoms with Crippen molar-refractivity contribution in [3.8, 4) is 0 Å². The van der Waals surface area contributed by atoms with Crippen LogP contribution >= 0.6 is 0 Å². The van der Waals surface area contributed by atoms with Gasteiger partial charge in [0.2, 0.25) is 0 Å². The van der Waals surface area contributed by atoms with E-state index in [2.05, 4.69) is 29.0 Å². The van der Waals surface area contributed by atoms with E-state index in [-0.39, 0.29) is 6.04 Å². The number of hydrogen-bond donors (Lipinski definition) is 5. The number of pyridine rings is 1. The minimum atomic E-state index is -1.17. The second-order valence-corrected chi connectivity index (χ2v) is 12.9. The van der Waals surface area contributed by atoms with Gasteiger partial charge < -0.3 is 25.6 Å². The monoisotopic (exact) mass is 637 g/mol. The minimum Gasteiger partial charge on any atom is -0.480 e. The quantitative estimate of drug-likeness (QED) is 0.231. The number of carbonyl (C=O) groups excluding carboxylic acids is 3. The smallest absolute Gasteiger partial charge is 0.322 e. The number of carboxylic acids is 1. The van der Waals surface area contributed by atoms with E-state index in [4.69, 9.17) is 9.72 Å². The van der Waals surface area contributed by atoms with Crippen LogP contribution < -0.4 is 16.1 Å². The van der Waals surface area contributed by atoms with Crippen molar-refractivity contribution in [1.82, 2.24) is 26.1 Å². The standard InChI is InChI=1S/C34H47N5O7/c1-20(2)29(30(41)36-22(4)31(42)39-18-6-7-27(38-39)32(43)44)46-33(45)34(16-13-26(40)14-17-34)15-12-25-11-10-23-8-9-24(21(3)35-5)19-28(23)37-25/h8-12,15,19-22,26-27,29,35,38,40H,6-7,13-14,16-18H2,1-5H3,(H,36,41)(H,43,44)/b15-12+/t21-,22+,26-,27+,29+,34+/m1/s1. The van der Waals surface area contributed by atoms with Gasteiger partial charge in [-0.1, -0.05) is 38.1 Å². The molecule has 4 rings (SSSR count). The molecule has 4 atom stereocenters. The zero-order chi connectivity index (χ0) is 33.6. The molecule has 2 aromatic rings. The molecule has 1 aliphatic carbocycles. The SMILES string of the molecule is CN[C@H](C)c1ccc2ccc(/C=C/[C@]3(C(=O)O[C@H](C(=O)N[C@@H](C)C(=O)N4CCC[C@@H](C(=O)O)N4)C(C)C)CC[C@@H](O)CC3)nc2c1. The maximum atomic E-state index is 13.9. The number of rotatable bonds is 11. The summed E-state index contributed by atoms with van der Waals surface area (Å²) in [5.74, 6) is -3.12. The molecule has 0 bridgehead atoms. The van der Waals surface area contributed by atoms with Crippen molar-refractivity contribution in [1.29, 1.82) is 0 Å². The highest BCUT2D eigenvalue weighted by atomic mass is 16.6. The molecule has 5 N–H and O–H groups in total. The van der Waals surface area contributed by atoms with Gasteiger partial charge in [-0.05, 0) is 89.1 Å². The van der Waals surface area contributed by atoms with E-state index in [1.54, 1.807) is 26.0 Å². The average Bonchev–Trinajstić information content (AvgIpc) is 3.05. The molecule has 2 aliphatic rings. The maximum absolute atomic E-state index is 13.9. The van der Waals surface area contributed by atoms with Crippen LogP contribution in [0, 0.1) is 11.3 Å². The molecule has 1 aliphatic heterocycles. The number of hydrogen-bond acceptors (Lipinski definition) is 9. The van der Waals surface area contributed by atoms with Crippen LogP contribution in [0.2, 0.25) is 0 Å². The zero-order valence-corrected chi connectivity index (χ0v) is 27.3. The predicted molar refractivity (Wildman–Crippen MR) is 173 cm³/mol. The molecule has 250 valence electrons. The lowest BCUT2D eigenvalue weighted by Crippen LogP contribution is -2.60. The van der Waals surface area contributed by atoms with Crippen LogP contribution in [-0.2, 0) is 23.9 Å². The largest absolute Gasteiger partial charge is 0.480 e. The summed E-state index contributed by atoms with van der Waals surface area (Å²) in [6.45, 7) is 7.40. The number of aromatic nitrogens is 1. The minimum absolute atomic E-state index is 0.162. The lowest BCUT2D eigenvalue weighted by molar-refractivity contribution is -0.168. The average molecular weight is 638 g/mol. The normalized spacial score (nSPS) is 24.0. The molecule has 1 aromatic heterocycles. The molecule has 46 heavy (non-hydrogen) atoms. The van der Waals surface area contributed by atoms with Crippen molar-refractivity contribution >= 4 is 40.7 Å². The number of aliphatic hydroxyl groups excluding tert-OH is 1. The van der Waals surface area contributed by atoms with Gasteiger partial charge in [0.15, 0.2) is 6.10 Å². The Labute approximate surface area is 269 Å². The Balaban J connectivity index is 1.50. The van der Waals surface area contributed by atoms with E-state index >= 15 is 0 Å². The molecule has 1 saturated heterocycles. The van der Waals surface area contributed by atoms with E-state index in [0.29, 0.717) is 50.8 Å². The van der Waals surface area contributed by atoms with Gasteiger partial charge in [-0.15, -0.1) is 0 Å². The number of aliphatic hydroxyl groups is 1. The van der Waals surface area contributed by atoms with Crippen LogP contribution in [-0.4, -0.2) is 81.8 Å². The first-order chi connectivity index (χ1) is 21.8. The topological polar surface area (TPSA) is 170 Å². The van der Waals surface area contributed by atoms with Crippen LogP contribution in [0.1, 0.15) is 83.5 Å². The van der Waals surface area contributed by atoms with Gasteiger partial charge in [0.25, 0.3) is 11.8 Å². The van der Waals surface area contributed by atoms with E-state index < -0.39 is 59.4 Å². The molecule has 0 spiro atoms. The molecule has 1 saturated carbocycles. The molecular formula is C34H47N5O7. The van der Waals surface area contributed by atoms with Crippen LogP contribution in [0.25, 0.3) is 17.0 Å². The number of esters is 1. The fourth-order valence-electron chi connectivity index (χ4n) is 5.92. The number of benzene rings is 1. The summed E-state index contributed by atoms with van der Waals surface area (Å²) < 4.78 is 5.91. The third kappa shape index (κ3) is 8.28. The van der Waals surface area contributed by atoms with Crippen molar-refractivity contribution in [2.75, 3.05) is 13.6 Å². The molecule has 12 heteroatoms. The second-order valence-electron chi connectivity index (χ2n) is 12.9. The fraction of sp³-hybridized carbons (Fsp3) is 0.559. The first-order valence-electron chi connectivity index (χ1n) is 16.1. The Morgan fingerprint density at radius 2 is 1.78 bits per heavy atom. The summed E-state index contributed by atoms with van der Waals surface area (Å²) in [7, 11) is 1.90. The lowest BCUT2D eigenvalue weighted by Gasteiger charge is -2.36. The summed E-state index contributed by atoms with van der Waals surface area (Å²) >= 11 is 0. The highest BCUT2D eigenvalue weighted by molar-refractivity contribution is 5.91. The number of amides is 2. The fourth-order valence-corrected chi connectivity index (χ4v) is 5.92. The van der Waals surface area contributed by atoms with E-state index in [1.807, 2.05) is 31.3 Å². The molecule has 12 nitrogen and oxygen atoms in total. The first-order valence-corrected chi connectivity index (χ1v) is 16.1. The lowest BCUT2D eigenvalue weighted by atomic mass is 9.72. The molecule has 0 unspecified atom stereocenters. The van der Waals surface area contributed by atoms with Crippen LogP contribution in [0.15, 0.2) is 36.4 Å². The number of ether oxygens (including phenoxy) is 1. The van der Waals surface area contributed by atoms with E-state index in [1.165, 1.54) is 11.9 Å². The number of nitrogens with zero attached hydrogens (tertiary/aromatic N) is 2. The molecule has 0 radical (unpaired) electrons. The number of carbonyl (C=O) groups is 4. The van der Waals surface area contributed by atoms with Gasteiger partial charge in [-0.2, -0.15) is 0 Å². The number of carboxylic acid groups (broad SMARTS) is 1. The molecule has 2 heterocycles. The summed E-state index contributed by atoms with van der Waals surface area (Å²) in [5.41, 5.74) is 4.23. The molecule has 1 aromatic carbocycles. The summed E-state index contributed by atoms with van der Waals surface area (Å²) in [6, 6.07) is 8.30. The van der Waals surface area contributed by atoms with Gasteiger partial charge in [-0.3, -0.25) is 24.2 Å². The Morgan fingerprint density at radius 3 is 2.43 bits per heavy atom. The maximum Gasteiger partial charge on any atom is 0.322 e. The highest BCUT2D eigenvalue weighted by Crippen LogP contribution is 2.40. The van der Waals surface area contributed by atoms with Crippen LogP contribution in [0.5, 0.6) is 0 Å². The van der Waals surface area contributed by atoms with Gasteiger partial charge >= 0.3 is 11.9 Å². The van der Waals surface area contributed by atoms with Crippen molar-refractivity contribution in [2.45, 2.75) is 96.6 Å². The second kappa shape index (κ2) is 15.1. The molecular weight excluding hydrogens is 590 g/mol. The van der Waals surface area contributed by atoms with Gasteiger partial charge in [0.1, 0.15) is 12.1 Å². The van der Waals surface area contributed by atoms with Crippen molar-refractivity contribution < 1.29 is 34.1 Å². The van der Waals surface area contributed by atoms with E-state index in [0.717, 1.165) is 16.5 Å². The third-order valence-corrected chi connectivity index (χ3v) is 9.08. The number of nitrogens with one attached hydrogen (secondary N) is 3. The van der Waals surface area contributed by atoms with Gasteiger partial charge in [-0.25, -0.2) is 10.4 Å². The Bertz CT molecular complexity index is 1450.